The Morgan fingerprint density at radius 1 is 0.844 bits per heavy atom. The van der Waals surface area contributed by atoms with Crippen molar-refractivity contribution in [1.82, 2.24) is 10.1 Å². The van der Waals surface area contributed by atoms with E-state index < -0.39 is 0 Å². The van der Waals surface area contributed by atoms with Gasteiger partial charge in [-0.3, -0.25) is 0 Å². The highest BCUT2D eigenvalue weighted by Gasteiger charge is 2.18. The summed E-state index contributed by atoms with van der Waals surface area (Å²) in [7, 11) is 4.61. The van der Waals surface area contributed by atoms with E-state index in [0.717, 1.165) is 5.56 Å². The Labute approximate surface area is 184 Å². The fourth-order valence-electron chi connectivity index (χ4n) is 3.18. The van der Waals surface area contributed by atoms with Gasteiger partial charge in [0.25, 0.3) is 5.89 Å². The highest BCUT2D eigenvalue weighted by atomic mass is 19.1. The van der Waals surface area contributed by atoms with Crippen LogP contribution in [0.1, 0.15) is 5.56 Å². The standard InChI is InChI=1S/C24H21FN2O5/c1-28-20-12-17(13-21(29-2)22(20)30-3)24-26-23(27-32-24)16-7-5-9-19(11-16)31-14-15-6-4-8-18(25)10-15/h4-13H,14H2,1-3H3. The number of hydrogen-bond donors (Lipinski definition) is 0. The number of aromatic nitrogens is 2. The normalized spacial score (nSPS) is 10.6. The van der Waals surface area contributed by atoms with E-state index in [1.807, 2.05) is 18.2 Å². The van der Waals surface area contributed by atoms with Gasteiger partial charge in [0.2, 0.25) is 11.6 Å². The summed E-state index contributed by atoms with van der Waals surface area (Å²) < 4.78 is 40.7. The molecule has 1 aromatic heterocycles. The maximum Gasteiger partial charge on any atom is 0.258 e. The molecule has 8 heteroatoms. The van der Waals surface area contributed by atoms with Gasteiger partial charge < -0.3 is 23.5 Å². The second kappa shape index (κ2) is 9.38. The number of ether oxygens (including phenoxy) is 4. The van der Waals surface area contributed by atoms with Crippen molar-refractivity contribution in [3.05, 3.63) is 72.0 Å². The molecule has 7 nitrogen and oxygen atoms in total. The summed E-state index contributed by atoms with van der Waals surface area (Å²) in [4.78, 5) is 4.49. The maximum atomic E-state index is 13.4. The summed E-state index contributed by atoms with van der Waals surface area (Å²) in [6.07, 6.45) is 0. The van der Waals surface area contributed by atoms with Crippen LogP contribution < -0.4 is 18.9 Å². The lowest BCUT2D eigenvalue weighted by molar-refractivity contribution is 0.305. The Morgan fingerprint density at radius 3 is 2.28 bits per heavy atom. The zero-order chi connectivity index (χ0) is 22.5. The second-order valence-corrected chi connectivity index (χ2v) is 6.78. The van der Waals surface area contributed by atoms with Crippen molar-refractivity contribution in [3.63, 3.8) is 0 Å². The van der Waals surface area contributed by atoms with Crippen molar-refractivity contribution in [1.29, 1.82) is 0 Å². The van der Waals surface area contributed by atoms with Gasteiger partial charge in [-0.15, -0.1) is 0 Å². The second-order valence-electron chi connectivity index (χ2n) is 6.78. The van der Waals surface area contributed by atoms with Crippen molar-refractivity contribution in [3.8, 4) is 45.8 Å². The molecule has 164 valence electrons. The molecule has 1 heterocycles. The molecular weight excluding hydrogens is 415 g/mol. The van der Waals surface area contributed by atoms with E-state index in [-0.39, 0.29) is 12.4 Å². The third-order valence-corrected chi connectivity index (χ3v) is 4.72. The molecule has 0 radical (unpaired) electrons. The minimum atomic E-state index is -0.300. The first-order chi connectivity index (χ1) is 15.6. The molecule has 0 aliphatic heterocycles. The molecule has 4 rings (SSSR count). The van der Waals surface area contributed by atoms with Gasteiger partial charge in [-0.1, -0.05) is 29.4 Å². The van der Waals surface area contributed by atoms with Crippen molar-refractivity contribution in [2.24, 2.45) is 0 Å². The molecular formula is C24H21FN2O5. The summed E-state index contributed by atoms with van der Waals surface area (Å²) >= 11 is 0. The lowest BCUT2D eigenvalue weighted by atomic mass is 10.1. The fourth-order valence-corrected chi connectivity index (χ4v) is 3.18. The molecule has 4 aromatic rings. The van der Waals surface area contributed by atoms with E-state index in [4.69, 9.17) is 23.5 Å². The Hall–Kier alpha value is -4.07. The van der Waals surface area contributed by atoms with Gasteiger partial charge >= 0.3 is 0 Å². The van der Waals surface area contributed by atoms with Crippen LogP contribution in [0.25, 0.3) is 22.8 Å². The molecule has 0 amide bonds. The smallest absolute Gasteiger partial charge is 0.258 e. The average molecular weight is 436 g/mol. The predicted molar refractivity (Wildman–Crippen MR) is 116 cm³/mol. The Bertz CT molecular complexity index is 1200. The number of rotatable bonds is 8. The lowest BCUT2D eigenvalue weighted by Crippen LogP contribution is -1.96. The summed E-state index contributed by atoms with van der Waals surface area (Å²) in [5.74, 6) is 2.43. The zero-order valence-corrected chi connectivity index (χ0v) is 17.8. The monoisotopic (exact) mass is 436 g/mol. The molecule has 0 fully saturated rings. The van der Waals surface area contributed by atoms with Crippen LogP contribution in [0.4, 0.5) is 4.39 Å². The molecule has 0 saturated heterocycles. The van der Waals surface area contributed by atoms with E-state index in [1.54, 1.807) is 30.3 Å². The van der Waals surface area contributed by atoms with E-state index in [0.29, 0.717) is 45.8 Å². The van der Waals surface area contributed by atoms with Crippen LogP contribution in [0.15, 0.2) is 65.2 Å². The minimum Gasteiger partial charge on any atom is -0.493 e. The zero-order valence-electron chi connectivity index (χ0n) is 17.8. The molecule has 0 spiro atoms. The third-order valence-electron chi connectivity index (χ3n) is 4.72. The van der Waals surface area contributed by atoms with Crippen LogP contribution in [0.5, 0.6) is 23.0 Å². The Kier molecular flexibility index (Phi) is 6.21. The van der Waals surface area contributed by atoms with Crippen molar-refractivity contribution in [2.45, 2.75) is 6.61 Å². The van der Waals surface area contributed by atoms with Crippen LogP contribution in [-0.4, -0.2) is 31.5 Å². The first-order valence-electron chi connectivity index (χ1n) is 9.73. The molecule has 0 saturated carbocycles. The largest absolute Gasteiger partial charge is 0.493 e. The molecule has 32 heavy (non-hydrogen) atoms. The van der Waals surface area contributed by atoms with E-state index in [2.05, 4.69) is 10.1 Å². The Balaban J connectivity index is 1.57. The van der Waals surface area contributed by atoms with Gasteiger partial charge in [0, 0.05) is 11.1 Å². The van der Waals surface area contributed by atoms with E-state index in [9.17, 15) is 4.39 Å². The van der Waals surface area contributed by atoms with E-state index in [1.165, 1.54) is 33.5 Å². The van der Waals surface area contributed by atoms with Crippen LogP contribution in [0.3, 0.4) is 0 Å². The number of benzene rings is 3. The number of nitrogens with zero attached hydrogens (tertiary/aromatic N) is 2. The molecule has 0 unspecified atom stereocenters. The summed E-state index contributed by atoms with van der Waals surface area (Å²) in [5, 5.41) is 4.08. The van der Waals surface area contributed by atoms with Crippen molar-refractivity contribution in [2.75, 3.05) is 21.3 Å². The lowest BCUT2D eigenvalue weighted by Gasteiger charge is -2.12. The molecule has 0 aliphatic rings. The number of methoxy groups -OCH3 is 3. The van der Waals surface area contributed by atoms with Gasteiger partial charge in [0.15, 0.2) is 11.5 Å². The van der Waals surface area contributed by atoms with Gasteiger partial charge in [0.05, 0.1) is 21.3 Å². The SMILES string of the molecule is COc1cc(-c2nc(-c3cccc(OCc4cccc(F)c4)c3)no2)cc(OC)c1OC. The molecule has 0 bridgehead atoms. The topological polar surface area (TPSA) is 75.8 Å². The van der Waals surface area contributed by atoms with Crippen LogP contribution in [0, 0.1) is 5.82 Å². The molecule has 0 aliphatic carbocycles. The molecule has 3 aromatic carbocycles. The maximum absolute atomic E-state index is 13.4. The first-order valence-corrected chi connectivity index (χ1v) is 9.73. The molecule has 0 N–H and O–H groups in total. The number of halogens is 1. The third kappa shape index (κ3) is 4.49. The van der Waals surface area contributed by atoms with Gasteiger partial charge in [0.1, 0.15) is 18.2 Å². The fraction of sp³-hybridized carbons (Fsp3) is 0.167. The van der Waals surface area contributed by atoms with Crippen LogP contribution in [-0.2, 0) is 6.61 Å². The van der Waals surface area contributed by atoms with Gasteiger partial charge in [-0.05, 0) is 42.0 Å². The van der Waals surface area contributed by atoms with Crippen molar-refractivity contribution >= 4 is 0 Å². The van der Waals surface area contributed by atoms with Crippen molar-refractivity contribution < 1.29 is 27.9 Å². The highest BCUT2D eigenvalue weighted by Crippen LogP contribution is 2.41. The average Bonchev–Trinajstić information content (AvgIpc) is 3.32. The quantitative estimate of drug-likeness (QED) is 0.378. The Morgan fingerprint density at radius 2 is 1.59 bits per heavy atom. The van der Waals surface area contributed by atoms with Crippen LogP contribution in [0.2, 0.25) is 0 Å². The summed E-state index contributed by atoms with van der Waals surface area (Å²) in [6.45, 7) is 0.240. The number of hydrogen-bond acceptors (Lipinski definition) is 7. The minimum absolute atomic E-state index is 0.240. The highest BCUT2D eigenvalue weighted by molar-refractivity contribution is 5.67. The van der Waals surface area contributed by atoms with Gasteiger partial charge in [-0.25, -0.2) is 4.39 Å². The van der Waals surface area contributed by atoms with E-state index >= 15 is 0 Å². The molecule has 0 atom stereocenters. The van der Waals surface area contributed by atoms with Gasteiger partial charge in [-0.2, -0.15) is 4.98 Å². The summed E-state index contributed by atoms with van der Waals surface area (Å²) in [6, 6.07) is 17.0. The first kappa shape index (κ1) is 21.2. The van der Waals surface area contributed by atoms with Crippen LogP contribution >= 0.6 is 0 Å². The predicted octanol–water partition coefficient (Wildman–Crippen LogP) is 5.15. The summed E-state index contributed by atoms with van der Waals surface area (Å²) in [5.41, 5.74) is 2.07.